The summed E-state index contributed by atoms with van der Waals surface area (Å²) in [7, 11) is 0. The van der Waals surface area contributed by atoms with Crippen molar-refractivity contribution in [2.75, 3.05) is 13.2 Å². The lowest BCUT2D eigenvalue weighted by molar-refractivity contribution is -0.149. The summed E-state index contributed by atoms with van der Waals surface area (Å²) < 4.78 is 17.4. The van der Waals surface area contributed by atoms with E-state index in [1.54, 1.807) is 0 Å². The Bertz CT molecular complexity index is 1070. The quantitative estimate of drug-likeness (QED) is 0.493. The van der Waals surface area contributed by atoms with Crippen LogP contribution in [0.2, 0.25) is 0 Å². The fraction of sp³-hybridized carbons (Fsp3) is 0.385. The van der Waals surface area contributed by atoms with Crippen LogP contribution in [-0.2, 0) is 35.2 Å². The minimum Gasteiger partial charge on any atom is -0.493 e. The van der Waals surface area contributed by atoms with Crippen LogP contribution in [0.5, 0.6) is 5.75 Å². The maximum atomic E-state index is 11.5. The molecular weight excluding hydrogens is 406 g/mol. The molecule has 32 heavy (non-hydrogen) atoms. The van der Waals surface area contributed by atoms with Gasteiger partial charge in [-0.15, -0.1) is 0 Å². The Balaban J connectivity index is 1.43. The Morgan fingerprint density at radius 3 is 2.69 bits per heavy atom. The molecule has 1 aromatic heterocycles. The average molecular weight is 436 g/mol. The van der Waals surface area contributed by atoms with Gasteiger partial charge in [-0.1, -0.05) is 24.3 Å². The fourth-order valence-electron chi connectivity index (χ4n) is 4.31. The molecule has 168 valence electrons. The molecule has 1 aliphatic rings. The second-order valence-corrected chi connectivity index (χ2v) is 8.01. The highest BCUT2D eigenvalue weighted by molar-refractivity contribution is 5.73. The molecule has 0 bridgehead atoms. The second-order valence-electron chi connectivity index (χ2n) is 8.01. The molecule has 1 unspecified atom stereocenters. The molecule has 3 aromatic rings. The van der Waals surface area contributed by atoms with Crippen LogP contribution in [-0.4, -0.2) is 35.4 Å². The molecule has 0 aliphatic heterocycles. The van der Waals surface area contributed by atoms with E-state index in [1.807, 2.05) is 56.3 Å². The predicted octanol–water partition coefficient (Wildman–Crippen LogP) is 4.79. The number of carbonyl (C=O) groups is 1. The summed E-state index contributed by atoms with van der Waals surface area (Å²) >= 11 is 0. The van der Waals surface area contributed by atoms with E-state index in [1.165, 1.54) is 11.1 Å². The number of aliphatic carboxylic acids is 1. The van der Waals surface area contributed by atoms with Crippen LogP contribution in [0, 0.1) is 6.92 Å². The molecule has 0 saturated heterocycles. The van der Waals surface area contributed by atoms with E-state index in [2.05, 4.69) is 4.98 Å². The molecule has 0 fully saturated rings. The number of hydrogen-bond donors (Lipinski definition) is 1. The van der Waals surface area contributed by atoms with Gasteiger partial charge in [-0.25, -0.2) is 9.78 Å². The van der Waals surface area contributed by atoms with Crippen molar-refractivity contribution in [3.05, 3.63) is 70.6 Å². The van der Waals surface area contributed by atoms with Gasteiger partial charge in [0, 0.05) is 25.0 Å². The second kappa shape index (κ2) is 10.0. The zero-order chi connectivity index (χ0) is 22.5. The minimum atomic E-state index is -0.920. The van der Waals surface area contributed by atoms with Crippen molar-refractivity contribution in [1.82, 2.24) is 4.98 Å². The van der Waals surface area contributed by atoms with Crippen molar-refractivity contribution >= 4 is 5.97 Å². The Hall–Kier alpha value is -3.12. The number of hydrogen-bond acceptors (Lipinski definition) is 5. The maximum Gasteiger partial charge on any atom is 0.333 e. The molecule has 4 rings (SSSR count). The third-order valence-electron chi connectivity index (χ3n) is 5.90. The SMILES string of the molecule is CCOC(Cc1ccc(OCCc2nc(-c3ccccc3)oc2C)c2c1CCC2)C(=O)O. The third kappa shape index (κ3) is 4.86. The van der Waals surface area contributed by atoms with E-state index in [0.29, 0.717) is 31.9 Å². The van der Waals surface area contributed by atoms with Crippen LogP contribution in [0.25, 0.3) is 11.5 Å². The van der Waals surface area contributed by atoms with Gasteiger partial charge in [0.05, 0.1) is 12.3 Å². The highest BCUT2D eigenvalue weighted by Gasteiger charge is 2.24. The molecular formula is C26H29NO5. The van der Waals surface area contributed by atoms with Crippen molar-refractivity contribution in [3.63, 3.8) is 0 Å². The lowest BCUT2D eigenvalue weighted by Crippen LogP contribution is -2.26. The summed E-state index contributed by atoms with van der Waals surface area (Å²) in [5.74, 6) is 1.40. The van der Waals surface area contributed by atoms with Gasteiger partial charge in [-0.2, -0.15) is 0 Å². The van der Waals surface area contributed by atoms with Gasteiger partial charge in [0.15, 0.2) is 6.10 Å². The smallest absolute Gasteiger partial charge is 0.333 e. The van der Waals surface area contributed by atoms with Crippen molar-refractivity contribution < 1.29 is 23.8 Å². The fourth-order valence-corrected chi connectivity index (χ4v) is 4.31. The number of aryl methyl sites for hydroxylation is 1. The average Bonchev–Trinajstić information content (AvgIpc) is 3.43. The number of aromatic nitrogens is 1. The van der Waals surface area contributed by atoms with E-state index < -0.39 is 12.1 Å². The summed E-state index contributed by atoms with van der Waals surface area (Å²) in [6.07, 6.45) is 3.18. The zero-order valence-electron chi connectivity index (χ0n) is 18.6. The molecule has 0 radical (unpaired) electrons. The molecule has 0 amide bonds. The summed E-state index contributed by atoms with van der Waals surface area (Å²) in [4.78, 5) is 16.1. The highest BCUT2D eigenvalue weighted by atomic mass is 16.5. The first-order valence-corrected chi connectivity index (χ1v) is 11.2. The third-order valence-corrected chi connectivity index (χ3v) is 5.90. The number of oxazole rings is 1. The summed E-state index contributed by atoms with van der Waals surface area (Å²) in [6.45, 7) is 4.63. The molecule has 1 aliphatic carbocycles. The van der Waals surface area contributed by atoms with Crippen molar-refractivity contribution in [3.8, 4) is 17.2 Å². The number of carboxylic acids is 1. The van der Waals surface area contributed by atoms with Crippen LogP contribution >= 0.6 is 0 Å². The molecule has 1 heterocycles. The van der Waals surface area contributed by atoms with Crippen LogP contribution in [0.1, 0.15) is 41.5 Å². The lowest BCUT2D eigenvalue weighted by atomic mass is 9.97. The van der Waals surface area contributed by atoms with Crippen molar-refractivity contribution in [2.24, 2.45) is 0 Å². The van der Waals surface area contributed by atoms with E-state index in [4.69, 9.17) is 13.9 Å². The number of benzene rings is 2. The minimum absolute atomic E-state index is 0.381. The topological polar surface area (TPSA) is 81.8 Å². The first-order valence-electron chi connectivity index (χ1n) is 11.2. The predicted molar refractivity (Wildman–Crippen MR) is 121 cm³/mol. The summed E-state index contributed by atoms with van der Waals surface area (Å²) in [5, 5.41) is 9.43. The molecule has 0 spiro atoms. The van der Waals surface area contributed by atoms with Crippen LogP contribution in [0.3, 0.4) is 0 Å². The van der Waals surface area contributed by atoms with Gasteiger partial charge in [-0.05, 0) is 68.0 Å². The zero-order valence-corrected chi connectivity index (χ0v) is 18.6. The van der Waals surface area contributed by atoms with E-state index in [0.717, 1.165) is 47.6 Å². The molecule has 6 heteroatoms. The number of ether oxygens (including phenoxy) is 2. The van der Waals surface area contributed by atoms with Gasteiger partial charge >= 0.3 is 5.97 Å². The van der Waals surface area contributed by atoms with E-state index >= 15 is 0 Å². The molecule has 1 N–H and O–H groups in total. The summed E-state index contributed by atoms with van der Waals surface area (Å²) in [6, 6.07) is 13.8. The molecule has 1 atom stereocenters. The Kier molecular flexibility index (Phi) is 6.90. The van der Waals surface area contributed by atoms with E-state index in [9.17, 15) is 9.90 Å². The largest absolute Gasteiger partial charge is 0.493 e. The van der Waals surface area contributed by atoms with Gasteiger partial charge in [0.25, 0.3) is 0 Å². The number of carboxylic acid groups (broad SMARTS) is 1. The standard InChI is InChI=1S/C26H29NO5/c1-3-30-24(26(28)29)16-19-12-13-23(21-11-7-10-20(19)21)31-15-14-22-17(2)32-25(27-22)18-8-5-4-6-9-18/h4-6,8-9,12-13,24H,3,7,10-11,14-16H2,1-2H3,(H,28,29). The van der Waals surface area contributed by atoms with Gasteiger partial charge < -0.3 is 19.0 Å². The monoisotopic (exact) mass is 435 g/mol. The Labute approximate surface area is 188 Å². The lowest BCUT2D eigenvalue weighted by Gasteiger charge is -2.17. The Morgan fingerprint density at radius 1 is 1.16 bits per heavy atom. The molecule has 2 aromatic carbocycles. The van der Waals surface area contributed by atoms with E-state index in [-0.39, 0.29) is 0 Å². The highest BCUT2D eigenvalue weighted by Crippen LogP contribution is 2.34. The van der Waals surface area contributed by atoms with Crippen molar-refractivity contribution in [1.29, 1.82) is 0 Å². The number of nitrogens with zero attached hydrogens (tertiary/aromatic N) is 1. The van der Waals surface area contributed by atoms with Crippen LogP contribution in [0.4, 0.5) is 0 Å². The molecule has 6 nitrogen and oxygen atoms in total. The first kappa shape index (κ1) is 22.1. The number of rotatable bonds is 10. The maximum absolute atomic E-state index is 11.5. The van der Waals surface area contributed by atoms with Gasteiger partial charge in [-0.3, -0.25) is 0 Å². The number of fused-ring (bicyclic) bond motifs is 1. The van der Waals surface area contributed by atoms with Crippen LogP contribution < -0.4 is 4.74 Å². The summed E-state index contributed by atoms with van der Waals surface area (Å²) in [5.41, 5.74) is 5.33. The molecule has 0 saturated carbocycles. The van der Waals surface area contributed by atoms with Crippen LogP contribution in [0.15, 0.2) is 46.9 Å². The normalized spacial score (nSPS) is 13.7. The van der Waals surface area contributed by atoms with Gasteiger partial charge in [0.2, 0.25) is 5.89 Å². The van der Waals surface area contributed by atoms with Crippen molar-refractivity contribution in [2.45, 2.75) is 52.1 Å². The first-order chi connectivity index (χ1) is 15.6. The van der Waals surface area contributed by atoms with Gasteiger partial charge in [0.1, 0.15) is 11.5 Å². The Morgan fingerprint density at radius 2 is 1.94 bits per heavy atom.